The van der Waals surface area contributed by atoms with E-state index in [2.05, 4.69) is 4.72 Å². The van der Waals surface area contributed by atoms with Gasteiger partial charge in [-0.3, -0.25) is 4.72 Å². The Morgan fingerprint density at radius 1 is 1.24 bits per heavy atom. The van der Waals surface area contributed by atoms with Gasteiger partial charge in [0.25, 0.3) is 0 Å². The van der Waals surface area contributed by atoms with E-state index in [1.807, 2.05) is 6.07 Å². The maximum Gasteiger partial charge on any atom is 0.235 e. The molecule has 1 aliphatic rings. The van der Waals surface area contributed by atoms with E-state index in [4.69, 9.17) is 5.26 Å². The van der Waals surface area contributed by atoms with Crippen LogP contribution in [-0.4, -0.2) is 13.7 Å². The number of anilines is 1. The lowest BCUT2D eigenvalue weighted by atomic mass is 10.2. The summed E-state index contributed by atoms with van der Waals surface area (Å²) in [5.74, 6) is 0. The maximum absolute atomic E-state index is 12.0. The molecule has 1 saturated carbocycles. The van der Waals surface area contributed by atoms with E-state index < -0.39 is 10.0 Å². The molecule has 1 aliphatic carbocycles. The average Bonchev–Trinajstić information content (AvgIpc) is 2.83. The summed E-state index contributed by atoms with van der Waals surface area (Å²) in [6.07, 6.45) is 3.35. The van der Waals surface area contributed by atoms with Crippen LogP contribution in [0, 0.1) is 11.3 Å². The fourth-order valence-electron chi connectivity index (χ4n) is 2.10. The third-order valence-electron chi connectivity index (χ3n) is 3.04. The number of sulfonamides is 1. The Morgan fingerprint density at radius 2 is 1.88 bits per heavy atom. The van der Waals surface area contributed by atoms with Crippen LogP contribution in [0.4, 0.5) is 5.69 Å². The standard InChI is InChI=1S/C12H14N2O2S/c13-9-10-5-1-4-8-12(10)14-17(15,16)11-6-2-3-7-11/h1,4-5,8,11,14H,2-3,6-7H2. The van der Waals surface area contributed by atoms with Crippen molar-refractivity contribution >= 4 is 15.7 Å². The second-order valence-corrected chi connectivity index (χ2v) is 6.17. The van der Waals surface area contributed by atoms with Crippen molar-refractivity contribution in [3.05, 3.63) is 29.8 Å². The van der Waals surface area contributed by atoms with Crippen LogP contribution < -0.4 is 4.72 Å². The van der Waals surface area contributed by atoms with Crippen molar-refractivity contribution in [1.29, 1.82) is 5.26 Å². The molecular formula is C12H14N2O2S. The van der Waals surface area contributed by atoms with Gasteiger partial charge >= 0.3 is 0 Å². The second kappa shape index (κ2) is 4.76. The van der Waals surface area contributed by atoms with Gasteiger partial charge in [-0.2, -0.15) is 5.26 Å². The van der Waals surface area contributed by atoms with Crippen molar-refractivity contribution in [2.75, 3.05) is 4.72 Å². The minimum Gasteiger partial charge on any atom is -0.282 e. The smallest absolute Gasteiger partial charge is 0.235 e. The van der Waals surface area contributed by atoms with Gasteiger partial charge in [0.05, 0.1) is 16.5 Å². The van der Waals surface area contributed by atoms with E-state index in [1.165, 1.54) is 0 Å². The molecule has 5 heteroatoms. The van der Waals surface area contributed by atoms with Gasteiger partial charge in [-0.05, 0) is 25.0 Å². The quantitative estimate of drug-likeness (QED) is 0.894. The SMILES string of the molecule is N#Cc1ccccc1NS(=O)(=O)C1CCCC1. The van der Waals surface area contributed by atoms with Crippen LogP contribution >= 0.6 is 0 Å². The highest BCUT2D eigenvalue weighted by molar-refractivity contribution is 7.93. The zero-order chi connectivity index (χ0) is 12.3. The Morgan fingerprint density at radius 3 is 2.53 bits per heavy atom. The molecular weight excluding hydrogens is 236 g/mol. The molecule has 1 aromatic carbocycles. The minimum absolute atomic E-state index is 0.311. The highest BCUT2D eigenvalue weighted by Gasteiger charge is 2.28. The monoisotopic (exact) mass is 250 g/mol. The summed E-state index contributed by atoms with van der Waals surface area (Å²) >= 11 is 0. The number of nitrogens with one attached hydrogen (secondary N) is 1. The maximum atomic E-state index is 12.0. The van der Waals surface area contributed by atoms with E-state index in [-0.39, 0.29) is 5.25 Å². The average molecular weight is 250 g/mol. The molecule has 1 aromatic rings. The molecule has 0 unspecified atom stereocenters. The molecule has 0 atom stereocenters. The summed E-state index contributed by atoms with van der Waals surface area (Å²) in [5, 5.41) is 8.58. The Bertz CT molecular complexity index is 540. The van der Waals surface area contributed by atoms with Crippen LogP contribution in [0.1, 0.15) is 31.2 Å². The number of hydrogen-bond acceptors (Lipinski definition) is 3. The van der Waals surface area contributed by atoms with Crippen LogP contribution in [-0.2, 0) is 10.0 Å². The van der Waals surface area contributed by atoms with Crippen LogP contribution in [0.3, 0.4) is 0 Å². The molecule has 0 radical (unpaired) electrons. The molecule has 2 rings (SSSR count). The summed E-state index contributed by atoms with van der Waals surface area (Å²) in [5.41, 5.74) is 0.732. The molecule has 90 valence electrons. The Labute approximate surface area is 101 Å². The van der Waals surface area contributed by atoms with Gasteiger partial charge in [-0.25, -0.2) is 8.42 Å². The van der Waals surface area contributed by atoms with Gasteiger partial charge in [0.2, 0.25) is 10.0 Å². The van der Waals surface area contributed by atoms with Gasteiger partial charge in [-0.15, -0.1) is 0 Å². The lowest BCUT2D eigenvalue weighted by molar-refractivity contribution is 0.585. The Hall–Kier alpha value is -1.54. The molecule has 0 amide bonds. The fraction of sp³-hybridized carbons (Fsp3) is 0.417. The minimum atomic E-state index is -3.35. The van der Waals surface area contributed by atoms with E-state index in [9.17, 15) is 8.42 Å². The number of rotatable bonds is 3. The van der Waals surface area contributed by atoms with Gasteiger partial charge in [-0.1, -0.05) is 25.0 Å². The first-order valence-electron chi connectivity index (χ1n) is 5.64. The third-order valence-corrected chi connectivity index (χ3v) is 4.89. The molecule has 0 aliphatic heterocycles. The zero-order valence-corrected chi connectivity index (χ0v) is 10.2. The van der Waals surface area contributed by atoms with Crippen LogP contribution in [0.25, 0.3) is 0 Å². The van der Waals surface area contributed by atoms with Crippen molar-refractivity contribution in [2.45, 2.75) is 30.9 Å². The summed E-state index contributed by atoms with van der Waals surface area (Å²) in [6, 6.07) is 8.63. The molecule has 17 heavy (non-hydrogen) atoms. The second-order valence-electron chi connectivity index (χ2n) is 4.21. The number of hydrogen-bond donors (Lipinski definition) is 1. The molecule has 0 saturated heterocycles. The topological polar surface area (TPSA) is 70.0 Å². The van der Waals surface area contributed by atoms with Gasteiger partial charge in [0.15, 0.2) is 0 Å². The molecule has 4 nitrogen and oxygen atoms in total. The lowest BCUT2D eigenvalue weighted by Crippen LogP contribution is -2.25. The predicted octanol–water partition coefficient (Wildman–Crippen LogP) is 2.24. The molecule has 1 fully saturated rings. The third kappa shape index (κ3) is 2.59. The number of benzene rings is 1. The summed E-state index contributed by atoms with van der Waals surface area (Å²) in [6.45, 7) is 0. The van der Waals surface area contributed by atoms with Crippen molar-refractivity contribution in [2.24, 2.45) is 0 Å². The van der Waals surface area contributed by atoms with Crippen LogP contribution in [0.5, 0.6) is 0 Å². The Balaban J connectivity index is 2.23. The van der Waals surface area contributed by atoms with Gasteiger partial charge in [0, 0.05) is 0 Å². The number of nitriles is 1. The van der Waals surface area contributed by atoms with Gasteiger partial charge in [0.1, 0.15) is 6.07 Å². The van der Waals surface area contributed by atoms with Gasteiger partial charge < -0.3 is 0 Å². The molecule has 0 heterocycles. The van der Waals surface area contributed by atoms with E-state index in [0.717, 1.165) is 12.8 Å². The largest absolute Gasteiger partial charge is 0.282 e. The van der Waals surface area contributed by atoms with E-state index >= 15 is 0 Å². The summed E-state index contributed by atoms with van der Waals surface area (Å²) in [7, 11) is -3.35. The highest BCUT2D eigenvalue weighted by atomic mass is 32.2. The van der Waals surface area contributed by atoms with Crippen molar-refractivity contribution in [3.63, 3.8) is 0 Å². The van der Waals surface area contributed by atoms with Crippen LogP contribution in [0.15, 0.2) is 24.3 Å². The molecule has 0 spiro atoms. The lowest BCUT2D eigenvalue weighted by Gasteiger charge is -2.13. The summed E-state index contributed by atoms with van der Waals surface area (Å²) in [4.78, 5) is 0. The first-order chi connectivity index (χ1) is 8.13. The highest BCUT2D eigenvalue weighted by Crippen LogP contribution is 2.26. The number of para-hydroxylation sites is 1. The normalized spacial score (nSPS) is 16.6. The summed E-state index contributed by atoms with van der Waals surface area (Å²) < 4.78 is 26.6. The van der Waals surface area contributed by atoms with Crippen molar-refractivity contribution < 1.29 is 8.42 Å². The van der Waals surface area contributed by atoms with E-state index in [1.54, 1.807) is 24.3 Å². The number of nitrogens with zero attached hydrogens (tertiary/aromatic N) is 1. The zero-order valence-electron chi connectivity index (χ0n) is 9.39. The first-order valence-corrected chi connectivity index (χ1v) is 7.19. The van der Waals surface area contributed by atoms with E-state index in [0.29, 0.717) is 24.1 Å². The molecule has 1 N–H and O–H groups in total. The van der Waals surface area contributed by atoms with Crippen molar-refractivity contribution in [3.8, 4) is 6.07 Å². The van der Waals surface area contributed by atoms with Crippen molar-refractivity contribution in [1.82, 2.24) is 0 Å². The molecule has 0 bridgehead atoms. The predicted molar refractivity (Wildman–Crippen MR) is 66.0 cm³/mol. The fourth-order valence-corrected chi connectivity index (χ4v) is 3.71. The molecule has 0 aromatic heterocycles. The first kappa shape index (κ1) is 11.9. The van der Waals surface area contributed by atoms with Crippen LogP contribution in [0.2, 0.25) is 0 Å². The Kier molecular flexibility index (Phi) is 3.34.